The molecule has 0 atom stereocenters. The van der Waals surface area contributed by atoms with Crippen molar-refractivity contribution in [3.8, 4) is 0 Å². The van der Waals surface area contributed by atoms with E-state index in [0.29, 0.717) is 65.6 Å². The molecule has 4 heterocycles. The summed E-state index contributed by atoms with van der Waals surface area (Å²) < 4.78 is 7.06. The first-order valence-electron chi connectivity index (χ1n) is 11.2. The van der Waals surface area contributed by atoms with Crippen molar-refractivity contribution in [1.29, 1.82) is 0 Å². The fourth-order valence-corrected chi connectivity index (χ4v) is 5.18. The number of anilines is 1. The number of fused-ring (bicyclic) bond motifs is 1. The van der Waals surface area contributed by atoms with Gasteiger partial charge in [0.15, 0.2) is 0 Å². The number of thiocarbonyl (C=S) groups is 1. The average molecular weight is 502 g/mol. The minimum absolute atomic E-state index is 0.195. The highest BCUT2D eigenvalue weighted by Gasteiger charge is 2.33. The third kappa shape index (κ3) is 4.80. The molecule has 2 aromatic heterocycles. The zero-order valence-electron chi connectivity index (χ0n) is 19.4. The smallest absolute Gasteiger partial charge is 0.409 e. The quantitative estimate of drug-likeness (QED) is 0.457. The zero-order valence-corrected chi connectivity index (χ0v) is 21.0. The van der Waals surface area contributed by atoms with Gasteiger partial charge in [-0.15, -0.1) is 0 Å². The van der Waals surface area contributed by atoms with Crippen LogP contribution in [0.3, 0.4) is 0 Å². The number of rotatable bonds is 5. The number of carbonyl (C=O) groups is 2. The van der Waals surface area contributed by atoms with Gasteiger partial charge in [0, 0.05) is 38.9 Å². The van der Waals surface area contributed by atoms with Gasteiger partial charge in [0.05, 0.1) is 17.1 Å². The summed E-state index contributed by atoms with van der Waals surface area (Å²) in [5.41, 5.74) is 0.584. The molecule has 0 spiro atoms. The third-order valence-electron chi connectivity index (χ3n) is 5.55. The second-order valence-corrected chi connectivity index (χ2v) is 10.1. The number of pyridine rings is 1. The molecule has 0 N–H and O–H groups in total. The predicted octanol–water partition coefficient (Wildman–Crippen LogP) is 2.83. The summed E-state index contributed by atoms with van der Waals surface area (Å²) in [5, 5.41) is 0. The summed E-state index contributed by atoms with van der Waals surface area (Å²) >= 11 is 6.63. The first-order chi connectivity index (χ1) is 16.3. The molecule has 180 valence electrons. The second-order valence-electron chi connectivity index (χ2n) is 8.44. The topological polar surface area (TPSA) is 87.5 Å². The predicted molar refractivity (Wildman–Crippen MR) is 137 cm³/mol. The number of amides is 2. The molecule has 2 aliphatic heterocycles. The molecule has 4 rings (SSSR count). The number of aromatic nitrogens is 2. The molecule has 2 saturated heterocycles. The van der Waals surface area contributed by atoms with Gasteiger partial charge in [-0.1, -0.05) is 43.9 Å². The van der Waals surface area contributed by atoms with Crippen LogP contribution in [-0.4, -0.2) is 74.8 Å². The maximum absolute atomic E-state index is 13.5. The van der Waals surface area contributed by atoms with Crippen molar-refractivity contribution in [3.63, 3.8) is 0 Å². The van der Waals surface area contributed by atoms with Crippen molar-refractivity contribution in [2.45, 2.75) is 20.8 Å². The van der Waals surface area contributed by atoms with E-state index in [9.17, 15) is 14.4 Å². The van der Waals surface area contributed by atoms with E-state index < -0.39 is 0 Å². The molecular formula is C23H27N5O4S2. The summed E-state index contributed by atoms with van der Waals surface area (Å²) in [4.78, 5) is 49.0. The molecular weight excluding hydrogens is 474 g/mol. The summed E-state index contributed by atoms with van der Waals surface area (Å²) in [6.07, 6.45) is 2.93. The molecule has 0 aliphatic carbocycles. The summed E-state index contributed by atoms with van der Waals surface area (Å²) in [7, 11) is 0. The van der Waals surface area contributed by atoms with E-state index in [1.807, 2.05) is 24.8 Å². The molecule has 9 nitrogen and oxygen atoms in total. The van der Waals surface area contributed by atoms with Gasteiger partial charge in [0.1, 0.15) is 15.8 Å². The van der Waals surface area contributed by atoms with Crippen LogP contribution in [0.5, 0.6) is 0 Å². The van der Waals surface area contributed by atoms with Crippen LogP contribution in [0, 0.1) is 5.92 Å². The van der Waals surface area contributed by atoms with Gasteiger partial charge in [-0.2, -0.15) is 0 Å². The minimum Gasteiger partial charge on any atom is -0.450 e. The van der Waals surface area contributed by atoms with E-state index in [1.54, 1.807) is 41.1 Å². The monoisotopic (exact) mass is 501 g/mol. The summed E-state index contributed by atoms with van der Waals surface area (Å²) in [6.45, 7) is 8.55. The number of ether oxygens (including phenoxy) is 1. The second kappa shape index (κ2) is 10.1. The molecule has 2 aliphatic rings. The van der Waals surface area contributed by atoms with Crippen LogP contribution in [-0.2, 0) is 9.53 Å². The number of carbonyl (C=O) groups excluding carboxylic acids is 2. The van der Waals surface area contributed by atoms with E-state index in [2.05, 4.69) is 0 Å². The van der Waals surface area contributed by atoms with E-state index >= 15 is 0 Å². The number of nitrogens with zero attached hydrogens (tertiary/aromatic N) is 5. The van der Waals surface area contributed by atoms with E-state index in [0.717, 1.165) is 0 Å². The molecule has 2 aromatic rings. The minimum atomic E-state index is -0.345. The van der Waals surface area contributed by atoms with Crippen LogP contribution < -0.4 is 10.5 Å². The highest BCUT2D eigenvalue weighted by molar-refractivity contribution is 8.26. The van der Waals surface area contributed by atoms with E-state index in [1.165, 1.54) is 16.2 Å². The van der Waals surface area contributed by atoms with Gasteiger partial charge >= 0.3 is 6.09 Å². The summed E-state index contributed by atoms with van der Waals surface area (Å²) in [6, 6.07) is 5.35. The third-order valence-corrected chi connectivity index (χ3v) is 6.93. The van der Waals surface area contributed by atoms with Crippen LogP contribution in [0.15, 0.2) is 34.1 Å². The van der Waals surface area contributed by atoms with Gasteiger partial charge < -0.3 is 14.5 Å². The maximum Gasteiger partial charge on any atom is 0.409 e. The Morgan fingerprint density at radius 3 is 2.65 bits per heavy atom. The molecule has 0 unspecified atom stereocenters. The van der Waals surface area contributed by atoms with Crippen LogP contribution in [0.1, 0.15) is 26.3 Å². The molecule has 2 fully saturated rings. The van der Waals surface area contributed by atoms with Crippen molar-refractivity contribution in [2.24, 2.45) is 5.92 Å². The normalized spacial score (nSPS) is 18.0. The number of hydrogen-bond acceptors (Lipinski definition) is 8. The van der Waals surface area contributed by atoms with Crippen molar-refractivity contribution < 1.29 is 14.3 Å². The lowest BCUT2D eigenvalue weighted by atomic mass is 10.2. The van der Waals surface area contributed by atoms with E-state index in [4.69, 9.17) is 21.9 Å². The first kappa shape index (κ1) is 24.2. The standard InChI is InChI=1S/C23H27N5O4S2/c1-4-32-22(31)26-11-9-25(10-12-26)19-16(20(29)27-8-6-5-7-18(27)24-19)13-17-21(30)28(14-15(2)3)23(33)34-17/h5-8,13,15H,4,9-12,14H2,1-3H3/b17-13+. The Bertz CT molecular complexity index is 1220. The average Bonchev–Trinajstić information content (AvgIpc) is 3.08. The fourth-order valence-electron chi connectivity index (χ4n) is 3.93. The zero-order chi connectivity index (χ0) is 24.4. The van der Waals surface area contributed by atoms with Gasteiger partial charge in [0.25, 0.3) is 11.5 Å². The van der Waals surface area contributed by atoms with Crippen molar-refractivity contribution in [1.82, 2.24) is 19.2 Å². The molecule has 11 heteroatoms. The Morgan fingerprint density at radius 1 is 1.24 bits per heavy atom. The number of hydrogen-bond donors (Lipinski definition) is 0. The molecule has 34 heavy (non-hydrogen) atoms. The van der Waals surface area contributed by atoms with Gasteiger partial charge in [0.2, 0.25) is 0 Å². The fraction of sp³-hybridized carbons (Fsp3) is 0.435. The lowest BCUT2D eigenvalue weighted by molar-refractivity contribution is -0.122. The van der Waals surface area contributed by atoms with Crippen LogP contribution in [0.2, 0.25) is 0 Å². The molecule has 0 aromatic carbocycles. The number of thioether (sulfide) groups is 1. The highest BCUT2D eigenvalue weighted by Crippen LogP contribution is 2.34. The first-order valence-corrected chi connectivity index (χ1v) is 12.5. The highest BCUT2D eigenvalue weighted by atomic mass is 32.2. The Hall–Kier alpha value is -2.92. The molecule has 0 radical (unpaired) electrons. The van der Waals surface area contributed by atoms with E-state index in [-0.39, 0.29) is 23.5 Å². The Labute approximate surface area is 207 Å². The molecule has 0 saturated carbocycles. The lowest BCUT2D eigenvalue weighted by Crippen LogP contribution is -2.49. The molecule has 2 amide bonds. The van der Waals surface area contributed by atoms with Gasteiger partial charge in [-0.05, 0) is 31.1 Å². The Kier molecular flexibility index (Phi) is 7.22. The van der Waals surface area contributed by atoms with Crippen molar-refractivity contribution in [2.75, 3.05) is 44.2 Å². The van der Waals surface area contributed by atoms with Crippen LogP contribution >= 0.6 is 24.0 Å². The van der Waals surface area contributed by atoms with Crippen LogP contribution in [0.25, 0.3) is 11.7 Å². The summed E-state index contributed by atoms with van der Waals surface area (Å²) in [5.74, 6) is 0.564. The maximum atomic E-state index is 13.5. The lowest BCUT2D eigenvalue weighted by Gasteiger charge is -2.35. The largest absolute Gasteiger partial charge is 0.450 e. The SMILES string of the molecule is CCOC(=O)N1CCN(c2nc3ccccn3c(=O)c2/C=C2/SC(=S)N(CC(C)C)C2=O)CC1. The van der Waals surface area contributed by atoms with Gasteiger partial charge in [-0.25, -0.2) is 9.78 Å². The Balaban J connectivity index is 1.72. The van der Waals surface area contributed by atoms with Crippen LogP contribution in [0.4, 0.5) is 10.6 Å². The molecule has 0 bridgehead atoms. The Morgan fingerprint density at radius 2 is 1.97 bits per heavy atom. The number of piperazine rings is 1. The van der Waals surface area contributed by atoms with Crippen molar-refractivity contribution in [3.05, 3.63) is 45.2 Å². The van der Waals surface area contributed by atoms with Gasteiger partial charge in [-0.3, -0.25) is 18.9 Å². The van der Waals surface area contributed by atoms with Crippen molar-refractivity contribution >= 4 is 57.8 Å².